The van der Waals surface area contributed by atoms with E-state index < -0.39 is 0 Å². The molecule has 9 heteroatoms. The number of piperidine rings is 1. The third-order valence-electron chi connectivity index (χ3n) is 5.76. The first-order valence-electron chi connectivity index (χ1n) is 11.2. The molecule has 3 aromatic rings. The summed E-state index contributed by atoms with van der Waals surface area (Å²) in [7, 11) is 0. The summed E-state index contributed by atoms with van der Waals surface area (Å²) in [6, 6.07) is 21.3. The van der Waals surface area contributed by atoms with Crippen LogP contribution in [0.15, 0.2) is 81.7 Å². The van der Waals surface area contributed by atoms with Crippen LogP contribution in [-0.4, -0.2) is 35.8 Å². The van der Waals surface area contributed by atoms with Crippen molar-refractivity contribution >= 4 is 66.8 Å². The standard InChI is InChI=1S/C26H24Br2N4O3/c27-19-10-8-17(9-11-19)24(33)29-20-4-3-5-21(16-20)30-26(35)32-14-12-18(13-15-32)25(34)31-23-7-2-1-6-22(23)28/h1-11,16,18H,12-15H2,(H,29,33)(H,30,35)(H,31,34). The van der Waals surface area contributed by atoms with Crippen LogP contribution >= 0.6 is 31.9 Å². The molecule has 0 unspecified atom stereocenters. The Morgan fingerprint density at radius 2 is 1.43 bits per heavy atom. The van der Waals surface area contributed by atoms with Crippen LogP contribution in [0.25, 0.3) is 0 Å². The SMILES string of the molecule is O=C(Nc1cccc(NC(=O)N2CCC(C(=O)Nc3ccccc3Br)CC2)c1)c1ccc(Br)cc1. The number of likely N-dealkylation sites (tertiary alicyclic amines) is 1. The fourth-order valence-electron chi connectivity index (χ4n) is 3.82. The van der Waals surface area contributed by atoms with Crippen LogP contribution < -0.4 is 16.0 Å². The monoisotopic (exact) mass is 598 g/mol. The Bertz CT molecular complexity index is 1230. The fraction of sp³-hybridized carbons (Fsp3) is 0.192. The van der Waals surface area contributed by atoms with Crippen LogP contribution in [0.4, 0.5) is 21.9 Å². The van der Waals surface area contributed by atoms with Crippen molar-refractivity contribution in [1.82, 2.24) is 4.90 Å². The maximum absolute atomic E-state index is 12.8. The summed E-state index contributed by atoms with van der Waals surface area (Å²) in [6.07, 6.45) is 1.18. The third kappa shape index (κ3) is 6.70. The van der Waals surface area contributed by atoms with Crippen LogP contribution in [-0.2, 0) is 4.79 Å². The van der Waals surface area contributed by atoms with Crippen molar-refractivity contribution in [3.8, 4) is 0 Å². The van der Waals surface area contributed by atoms with Crippen molar-refractivity contribution < 1.29 is 14.4 Å². The predicted octanol–water partition coefficient (Wildman–Crippen LogP) is 6.35. The molecule has 0 saturated carbocycles. The molecule has 0 atom stereocenters. The molecule has 1 fully saturated rings. The zero-order valence-corrected chi connectivity index (χ0v) is 21.9. The minimum absolute atomic E-state index is 0.0359. The number of nitrogens with one attached hydrogen (secondary N) is 3. The van der Waals surface area contributed by atoms with E-state index in [0.717, 1.165) is 14.6 Å². The first-order valence-corrected chi connectivity index (χ1v) is 12.8. The van der Waals surface area contributed by atoms with Gasteiger partial charge >= 0.3 is 6.03 Å². The average Bonchev–Trinajstić information content (AvgIpc) is 2.86. The van der Waals surface area contributed by atoms with Gasteiger partial charge in [0, 0.05) is 44.9 Å². The topological polar surface area (TPSA) is 90.5 Å². The number of halogens is 2. The molecule has 180 valence electrons. The second kappa shape index (κ2) is 11.5. The molecular weight excluding hydrogens is 576 g/mol. The lowest BCUT2D eigenvalue weighted by molar-refractivity contribution is -0.121. The molecule has 4 rings (SSSR count). The molecule has 7 nitrogen and oxygen atoms in total. The summed E-state index contributed by atoms with van der Waals surface area (Å²) in [5.41, 5.74) is 2.44. The molecule has 1 aliphatic rings. The van der Waals surface area contributed by atoms with Crippen LogP contribution in [0.5, 0.6) is 0 Å². The van der Waals surface area contributed by atoms with Gasteiger partial charge in [0.05, 0.1) is 5.69 Å². The largest absolute Gasteiger partial charge is 0.325 e. The second-order valence-corrected chi connectivity index (χ2v) is 9.97. The molecule has 0 spiro atoms. The number of urea groups is 1. The van der Waals surface area contributed by atoms with Crippen LogP contribution in [0, 0.1) is 5.92 Å². The normalized spacial score (nSPS) is 13.7. The lowest BCUT2D eigenvalue weighted by atomic mass is 9.96. The van der Waals surface area contributed by atoms with Crippen molar-refractivity contribution in [2.24, 2.45) is 5.92 Å². The van der Waals surface area contributed by atoms with E-state index in [0.29, 0.717) is 42.9 Å². The molecule has 1 aliphatic heterocycles. The predicted molar refractivity (Wildman–Crippen MR) is 145 cm³/mol. The van der Waals surface area contributed by atoms with E-state index in [-0.39, 0.29) is 23.8 Å². The average molecular weight is 600 g/mol. The van der Waals surface area contributed by atoms with Gasteiger partial charge in [-0.1, -0.05) is 34.1 Å². The van der Waals surface area contributed by atoms with Gasteiger partial charge in [-0.2, -0.15) is 0 Å². The highest BCUT2D eigenvalue weighted by molar-refractivity contribution is 9.10. The zero-order valence-electron chi connectivity index (χ0n) is 18.8. The highest BCUT2D eigenvalue weighted by Gasteiger charge is 2.27. The lowest BCUT2D eigenvalue weighted by Crippen LogP contribution is -2.43. The summed E-state index contributed by atoms with van der Waals surface area (Å²) in [4.78, 5) is 39.6. The summed E-state index contributed by atoms with van der Waals surface area (Å²) < 4.78 is 1.73. The van der Waals surface area contributed by atoms with E-state index in [1.807, 2.05) is 24.3 Å². The smallest absolute Gasteiger partial charge is 0.321 e. The number of amides is 4. The van der Waals surface area contributed by atoms with Crippen LogP contribution in [0.2, 0.25) is 0 Å². The first kappa shape index (κ1) is 24.9. The summed E-state index contributed by atoms with van der Waals surface area (Å²) in [6.45, 7) is 0.972. The molecule has 0 aliphatic carbocycles. The Labute approximate surface area is 220 Å². The van der Waals surface area contributed by atoms with Gasteiger partial charge in [0.25, 0.3) is 5.91 Å². The maximum atomic E-state index is 12.8. The number of carbonyl (C=O) groups is 3. The number of para-hydroxylation sites is 1. The minimum Gasteiger partial charge on any atom is -0.325 e. The van der Waals surface area contributed by atoms with Crippen LogP contribution in [0.3, 0.4) is 0 Å². The first-order chi connectivity index (χ1) is 16.9. The number of anilines is 3. The van der Waals surface area contributed by atoms with E-state index in [1.54, 1.807) is 53.4 Å². The summed E-state index contributed by atoms with van der Waals surface area (Å²) in [5, 5.41) is 8.69. The number of nitrogens with zero attached hydrogens (tertiary/aromatic N) is 1. The summed E-state index contributed by atoms with van der Waals surface area (Å²) in [5.74, 6) is -0.418. The lowest BCUT2D eigenvalue weighted by Gasteiger charge is -2.31. The van der Waals surface area contributed by atoms with Gasteiger partial charge < -0.3 is 20.9 Å². The molecule has 1 saturated heterocycles. The minimum atomic E-state index is -0.233. The fourth-order valence-corrected chi connectivity index (χ4v) is 4.47. The molecular formula is C26H24Br2N4O3. The van der Waals surface area contributed by atoms with E-state index in [4.69, 9.17) is 0 Å². The van der Waals surface area contributed by atoms with E-state index in [9.17, 15) is 14.4 Å². The Morgan fingerprint density at radius 3 is 2.11 bits per heavy atom. The van der Waals surface area contributed by atoms with Gasteiger partial charge in [-0.3, -0.25) is 9.59 Å². The summed E-state index contributed by atoms with van der Waals surface area (Å²) >= 11 is 6.80. The second-order valence-electron chi connectivity index (χ2n) is 8.20. The van der Waals surface area contributed by atoms with Crippen LogP contribution in [0.1, 0.15) is 23.2 Å². The van der Waals surface area contributed by atoms with Gasteiger partial charge in [0.1, 0.15) is 0 Å². The Hall–Kier alpha value is -3.17. The van der Waals surface area contributed by atoms with E-state index >= 15 is 0 Å². The number of rotatable bonds is 5. The molecule has 35 heavy (non-hydrogen) atoms. The van der Waals surface area contributed by atoms with E-state index in [2.05, 4.69) is 47.8 Å². The van der Waals surface area contributed by atoms with Gasteiger partial charge in [-0.15, -0.1) is 0 Å². The number of carbonyl (C=O) groups excluding carboxylic acids is 3. The Balaban J connectivity index is 1.28. The molecule has 4 amide bonds. The molecule has 0 radical (unpaired) electrons. The molecule has 0 aromatic heterocycles. The molecule has 3 aromatic carbocycles. The quantitative estimate of drug-likeness (QED) is 0.319. The highest BCUT2D eigenvalue weighted by atomic mass is 79.9. The van der Waals surface area contributed by atoms with E-state index in [1.165, 1.54) is 0 Å². The van der Waals surface area contributed by atoms with Gasteiger partial charge in [0.2, 0.25) is 5.91 Å². The van der Waals surface area contributed by atoms with Crippen molar-refractivity contribution in [2.75, 3.05) is 29.0 Å². The van der Waals surface area contributed by atoms with Gasteiger partial charge in [0.15, 0.2) is 0 Å². The molecule has 0 bridgehead atoms. The Morgan fingerprint density at radius 1 is 0.771 bits per heavy atom. The van der Waals surface area contributed by atoms with Crippen molar-refractivity contribution in [3.05, 3.63) is 87.3 Å². The van der Waals surface area contributed by atoms with Crippen molar-refractivity contribution in [2.45, 2.75) is 12.8 Å². The van der Waals surface area contributed by atoms with Crippen molar-refractivity contribution in [1.29, 1.82) is 0 Å². The number of benzene rings is 3. The van der Waals surface area contributed by atoms with Gasteiger partial charge in [-0.05, 0) is 83.4 Å². The number of hydrogen-bond donors (Lipinski definition) is 3. The Kier molecular flexibility index (Phi) is 8.20. The third-order valence-corrected chi connectivity index (χ3v) is 6.98. The zero-order chi connectivity index (χ0) is 24.8. The number of hydrogen-bond acceptors (Lipinski definition) is 3. The molecule has 3 N–H and O–H groups in total. The molecule has 1 heterocycles. The van der Waals surface area contributed by atoms with Gasteiger partial charge in [-0.25, -0.2) is 4.79 Å². The maximum Gasteiger partial charge on any atom is 0.321 e. The highest BCUT2D eigenvalue weighted by Crippen LogP contribution is 2.25. The van der Waals surface area contributed by atoms with Crippen molar-refractivity contribution in [3.63, 3.8) is 0 Å².